The van der Waals surface area contributed by atoms with Crippen molar-refractivity contribution in [2.75, 3.05) is 19.0 Å². The zero-order chi connectivity index (χ0) is 12.9. The van der Waals surface area contributed by atoms with E-state index >= 15 is 0 Å². The summed E-state index contributed by atoms with van der Waals surface area (Å²) < 4.78 is 4.54. The molecule has 6 nitrogen and oxygen atoms in total. The molecule has 1 aromatic rings. The number of aliphatic hydroxyl groups is 1. The molecular formula is C11H17N3O3. The first-order valence-corrected chi connectivity index (χ1v) is 5.29. The number of carbonyl (C=O) groups is 1. The van der Waals surface area contributed by atoms with Gasteiger partial charge in [0.25, 0.3) is 0 Å². The second-order valence-electron chi connectivity index (χ2n) is 4.24. The molecule has 0 aliphatic carbocycles. The number of methoxy groups -OCH3 is 1. The Morgan fingerprint density at radius 1 is 1.59 bits per heavy atom. The number of esters is 1. The van der Waals surface area contributed by atoms with Crippen LogP contribution in [0.4, 0.5) is 5.82 Å². The quantitative estimate of drug-likeness (QED) is 0.740. The highest BCUT2D eigenvalue weighted by molar-refractivity contribution is 5.85. The standard InChI is InChI=1S/C11H17N3O3/c1-11(2,5-7-15)14-8-4-6-12-9(13-8)10(16)17-3/h4,6,15H,5,7H2,1-3H3,(H,12,13,14). The van der Waals surface area contributed by atoms with Gasteiger partial charge in [-0.15, -0.1) is 0 Å². The minimum absolute atomic E-state index is 0.0114. The monoisotopic (exact) mass is 239 g/mol. The molecule has 0 unspecified atom stereocenters. The van der Waals surface area contributed by atoms with E-state index in [9.17, 15) is 4.79 Å². The van der Waals surface area contributed by atoms with Gasteiger partial charge in [-0.1, -0.05) is 0 Å². The number of aromatic nitrogens is 2. The molecule has 17 heavy (non-hydrogen) atoms. The Morgan fingerprint density at radius 2 is 2.29 bits per heavy atom. The first-order valence-electron chi connectivity index (χ1n) is 5.29. The molecule has 0 bridgehead atoms. The lowest BCUT2D eigenvalue weighted by Crippen LogP contribution is -2.32. The Labute approximate surface area is 100 Å². The van der Waals surface area contributed by atoms with Gasteiger partial charge < -0.3 is 15.2 Å². The second kappa shape index (κ2) is 5.58. The summed E-state index contributed by atoms with van der Waals surface area (Å²) in [6.45, 7) is 3.95. The molecule has 1 aromatic heterocycles. The topological polar surface area (TPSA) is 84.3 Å². The van der Waals surface area contributed by atoms with Gasteiger partial charge >= 0.3 is 5.97 Å². The summed E-state index contributed by atoms with van der Waals surface area (Å²) in [5.41, 5.74) is -0.309. The first-order chi connectivity index (χ1) is 7.98. The number of ether oxygens (including phenoxy) is 1. The van der Waals surface area contributed by atoms with Crippen LogP contribution in [0.1, 0.15) is 30.9 Å². The van der Waals surface area contributed by atoms with E-state index in [0.29, 0.717) is 12.2 Å². The largest absolute Gasteiger partial charge is 0.463 e. The van der Waals surface area contributed by atoms with Crippen LogP contribution in [-0.2, 0) is 4.74 Å². The predicted octanol–water partition coefficient (Wildman–Crippen LogP) is 0.836. The SMILES string of the molecule is COC(=O)c1nccc(NC(C)(C)CCO)n1. The van der Waals surface area contributed by atoms with E-state index in [1.54, 1.807) is 6.07 Å². The Morgan fingerprint density at radius 3 is 2.88 bits per heavy atom. The summed E-state index contributed by atoms with van der Waals surface area (Å²) in [5, 5.41) is 12.0. The van der Waals surface area contributed by atoms with E-state index in [-0.39, 0.29) is 18.0 Å². The normalized spacial score (nSPS) is 11.1. The molecular weight excluding hydrogens is 222 g/mol. The number of anilines is 1. The maximum Gasteiger partial charge on any atom is 0.376 e. The van der Waals surface area contributed by atoms with Crippen molar-refractivity contribution in [2.45, 2.75) is 25.8 Å². The van der Waals surface area contributed by atoms with E-state index in [4.69, 9.17) is 5.11 Å². The lowest BCUT2D eigenvalue weighted by molar-refractivity contribution is 0.0586. The number of aliphatic hydroxyl groups excluding tert-OH is 1. The molecule has 0 radical (unpaired) electrons. The average Bonchev–Trinajstić information content (AvgIpc) is 2.27. The van der Waals surface area contributed by atoms with Crippen molar-refractivity contribution in [3.63, 3.8) is 0 Å². The fourth-order valence-corrected chi connectivity index (χ4v) is 1.31. The number of rotatable bonds is 5. The maximum atomic E-state index is 11.2. The van der Waals surface area contributed by atoms with Gasteiger partial charge in [-0.2, -0.15) is 0 Å². The molecule has 0 saturated carbocycles. The van der Waals surface area contributed by atoms with E-state index in [1.165, 1.54) is 13.3 Å². The number of hydrogen-bond acceptors (Lipinski definition) is 6. The molecule has 0 saturated heterocycles. The average molecular weight is 239 g/mol. The van der Waals surface area contributed by atoms with Crippen LogP contribution >= 0.6 is 0 Å². The third-order valence-corrected chi connectivity index (χ3v) is 2.23. The van der Waals surface area contributed by atoms with Crippen LogP contribution in [0.5, 0.6) is 0 Å². The van der Waals surface area contributed by atoms with Gasteiger partial charge in [0.05, 0.1) is 7.11 Å². The Hall–Kier alpha value is -1.69. The minimum atomic E-state index is -0.575. The molecule has 1 heterocycles. The van der Waals surface area contributed by atoms with Gasteiger partial charge in [0, 0.05) is 18.3 Å². The third kappa shape index (κ3) is 3.99. The van der Waals surface area contributed by atoms with Crippen molar-refractivity contribution in [3.8, 4) is 0 Å². The van der Waals surface area contributed by atoms with Gasteiger partial charge in [0.15, 0.2) is 0 Å². The van der Waals surface area contributed by atoms with Gasteiger partial charge in [-0.3, -0.25) is 0 Å². The van der Waals surface area contributed by atoms with Crippen LogP contribution in [0.15, 0.2) is 12.3 Å². The van der Waals surface area contributed by atoms with Gasteiger partial charge in [0.2, 0.25) is 5.82 Å². The Bertz CT molecular complexity index is 393. The van der Waals surface area contributed by atoms with Crippen LogP contribution in [0.3, 0.4) is 0 Å². The second-order valence-corrected chi connectivity index (χ2v) is 4.24. The highest BCUT2D eigenvalue weighted by atomic mass is 16.5. The molecule has 94 valence electrons. The molecule has 0 atom stereocenters. The maximum absolute atomic E-state index is 11.2. The van der Waals surface area contributed by atoms with E-state index < -0.39 is 5.97 Å². The molecule has 1 rings (SSSR count). The van der Waals surface area contributed by atoms with Gasteiger partial charge in [-0.05, 0) is 26.3 Å². The van der Waals surface area contributed by atoms with Crippen molar-refractivity contribution >= 4 is 11.8 Å². The van der Waals surface area contributed by atoms with Crippen molar-refractivity contribution in [3.05, 3.63) is 18.1 Å². The lowest BCUT2D eigenvalue weighted by atomic mass is 10.0. The summed E-state index contributed by atoms with van der Waals surface area (Å²) >= 11 is 0. The fraction of sp³-hybridized carbons (Fsp3) is 0.545. The molecule has 0 aliphatic heterocycles. The van der Waals surface area contributed by atoms with Crippen LogP contribution in [0.25, 0.3) is 0 Å². The van der Waals surface area contributed by atoms with Gasteiger partial charge in [0.1, 0.15) is 5.82 Å². The van der Waals surface area contributed by atoms with E-state index in [1.807, 2.05) is 13.8 Å². The first kappa shape index (κ1) is 13.4. The molecule has 0 aliphatic rings. The summed E-state index contributed by atoms with van der Waals surface area (Å²) in [6.07, 6.45) is 2.06. The zero-order valence-corrected chi connectivity index (χ0v) is 10.2. The Balaban J connectivity index is 2.82. The number of carbonyl (C=O) groups excluding carboxylic acids is 1. The fourth-order valence-electron chi connectivity index (χ4n) is 1.31. The van der Waals surface area contributed by atoms with Crippen molar-refractivity contribution in [2.24, 2.45) is 0 Å². The molecule has 0 amide bonds. The zero-order valence-electron chi connectivity index (χ0n) is 10.2. The van der Waals surface area contributed by atoms with Crippen molar-refractivity contribution in [1.82, 2.24) is 9.97 Å². The minimum Gasteiger partial charge on any atom is -0.463 e. The molecule has 6 heteroatoms. The predicted molar refractivity (Wildman–Crippen MR) is 62.8 cm³/mol. The third-order valence-electron chi connectivity index (χ3n) is 2.23. The van der Waals surface area contributed by atoms with Gasteiger partial charge in [-0.25, -0.2) is 14.8 Å². The van der Waals surface area contributed by atoms with Crippen LogP contribution < -0.4 is 5.32 Å². The molecule has 0 fully saturated rings. The summed E-state index contributed by atoms with van der Waals surface area (Å²) in [7, 11) is 1.28. The molecule has 2 N–H and O–H groups in total. The summed E-state index contributed by atoms with van der Waals surface area (Å²) in [5.74, 6) is -0.0373. The van der Waals surface area contributed by atoms with E-state index in [0.717, 1.165) is 0 Å². The van der Waals surface area contributed by atoms with Crippen molar-refractivity contribution < 1.29 is 14.6 Å². The number of nitrogens with one attached hydrogen (secondary N) is 1. The highest BCUT2D eigenvalue weighted by Gasteiger charge is 2.18. The lowest BCUT2D eigenvalue weighted by Gasteiger charge is -2.25. The number of nitrogens with zero attached hydrogens (tertiary/aromatic N) is 2. The van der Waals surface area contributed by atoms with E-state index in [2.05, 4.69) is 20.0 Å². The van der Waals surface area contributed by atoms with Crippen LogP contribution in [-0.4, -0.2) is 40.3 Å². The summed E-state index contributed by atoms with van der Waals surface area (Å²) in [4.78, 5) is 19.1. The Kier molecular flexibility index (Phi) is 4.39. The summed E-state index contributed by atoms with van der Waals surface area (Å²) in [6, 6.07) is 1.66. The van der Waals surface area contributed by atoms with Crippen LogP contribution in [0.2, 0.25) is 0 Å². The number of hydrogen-bond donors (Lipinski definition) is 2. The van der Waals surface area contributed by atoms with Crippen molar-refractivity contribution in [1.29, 1.82) is 0 Å². The highest BCUT2D eigenvalue weighted by Crippen LogP contribution is 2.15. The molecule has 0 spiro atoms. The molecule has 0 aromatic carbocycles. The van der Waals surface area contributed by atoms with Crippen LogP contribution in [0, 0.1) is 0 Å². The smallest absolute Gasteiger partial charge is 0.376 e.